The van der Waals surface area contributed by atoms with Crippen molar-refractivity contribution in [1.82, 2.24) is 4.98 Å². The molecule has 8 heteroatoms. The minimum Gasteiger partial charge on any atom is -0.495 e. The molecule has 20 heavy (non-hydrogen) atoms. The van der Waals surface area contributed by atoms with Gasteiger partial charge in [0.25, 0.3) is 5.91 Å². The molecule has 106 valence electrons. The number of rotatable bonds is 4. The topological polar surface area (TPSA) is 89.3 Å². The minimum atomic E-state index is -0.331. The summed E-state index contributed by atoms with van der Waals surface area (Å²) in [4.78, 5) is 16.5. The second kappa shape index (κ2) is 5.98. The number of methoxy groups -OCH3 is 1. The van der Waals surface area contributed by atoms with Crippen molar-refractivity contribution in [3.05, 3.63) is 28.1 Å². The number of hydrogen-bond acceptors (Lipinski definition) is 6. The fourth-order valence-electron chi connectivity index (χ4n) is 1.53. The molecule has 1 heterocycles. The van der Waals surface area contributed by atoms with E-state index >= 15 is 0 Å². The summed E-state index contributed by atoms with van der Waals surface area (Å²) >= 11 is 7.18. The van der Waals surface area contributed by atoms with E-state index in [-0.39, 0.29) is 11.7 Å². The molecule has 0 spiro atoms. The average molecular weight is 313 g/mol. The van der Waals surface area contributed by atoms with Crippen LogP contribution in [0.3, 0.4) is 0 Å². The summed E-state index contributed by atoms with van der Waals surface area (Å²) in [5, 5.41) is 6.55. The second-order valence-corrected chi connectivity index (χ2v) is 5.19. The van der Waals surface area contributed by atoms with Crippen LogP contribution in [0.15, 0.2) is 18.2 Å². The largest absolute Gasteiger partial charge is 0.495 e. The maximum absolute atomic E-state index is 12.1. The van der Waals surface area contributed by atoms with Gasteiger partial charge < -0.3 is 21.1 Å². The third kappa shape index (κ3) is 2.94. The van der Waals surface area contributed by atoms with Gasteiger partial charge in [0.2, 0.25) is 0 Å². The SMILES string of the molecule is CNc1nc(N)c(C(=O)Nc2ccc(OC)c(Cl)c2)s1. The van der Waals surface area contributed by atoms with Crippen molar-refractivity contribution in [2.75, 3.05) is 30.5 Å². The normalized spacial score (nSPS) is 10.2. The monoisotopic (exact) mass is 312 g/mol. The number of anilines is 3. The van der Waals surface area contributed by atoms with E-state index in [0.29, 0.717) is 26.5 Å². The summed E-state index contributed by atoms with van der Waals surface area (Å²) in [6.45, 7) is 0. The third-order valence-corrected chi connectivity index (χ3v) is 3.87. The standard InChI is InChI=1S/C12H13ClN4O2S/c1-15-12-17-10(14)9(20-12)11(18)16-6-3-4-8(19-2)7(13)5-6/h3-5H,14H2,1-2H3,(H,15,17)(H,16,18). The molecule has 0 aliphatic heterocycles. The highest BCUT2D eigenvalue weighted by Crippen LogP contribution is 2.29. The first-order chi connectivity index (χ1) is 9.55. The molecule has 2 aromatic rings. The zero-order chi connectivity index (χ0) is 14.7. The number of aromatic nitrogens is 1. The van der Waals surface area contributed by atoms with Crippen molar-refractivity contribution in [3.8, 4) is 5.75 Å². The Hall–Kier alpha value is -1.99. The van der Waals surface area contributed by atoms with Crippen LogP contribution in [0, 0.1) is 0 Å². The molecule has 0 radical (unpaired) electrons. The molecule has 1 aromatic carbocycles. The number of ether oxygens (including phenoxy) is 1. The van der Waals surface area contributed by atoms with Crippen LogP contribution in [0.4, 0.5) is 16.6 Å². The van der Waals surface area contributed by atoms with E-state index in [1.807, 2.05) is 0 Å². The Bertz CT molecular complexity index is 644. The molecule has 0 saturated heterocycles. The molecular formula is C12H13ClN4O2S. The number of nitrogens with one attached hydrogen (secondary N) is 2. The molecular weight excluding hydrogens is 300 g/mol. The summed E-state index contributed by atoms with van der Waals surface area (Å²) in [6.07, 6.45) is 0. The molecule has 0 saturated carbocycles. The molecule has 6 nitrogen and oxygen atoms in total. The van der Waals surface area contributed by atoms with E-state index in [2.05, 4.69) is 15.6 Å². The number of amides is 1. The summed E-state index contributed by atoms with van der Waals surface area (Å²) in [5.41, 5.74) is 6.25. The highest BCUT2D eigenvalue weighted by molar-refractivity contribution is 7.18. The number of carbonyl (C=O) groups is 1. The van der Waals surface area contributed by atoms with Crippen molar-refractivity contribution < 1.29 is 9.53 Å². The van der Waals surface area contributed by atoms with Crippen LogP contribution in [-0.2, 0) is 0 Å². The van der Waals surface area contributed by atoms with Crippen LogP contribution in [0.25, 0.3) is 0 Å². The van der Waals surface area contributed by atoms with Crippen LogP contribution in [0.2, 0.25) is 5.02 Å². The van der Waals surface area contributed by atoms with Gasteiger partial charge in [0.1, 0.15) is 16.4 Å². The van der Waals surface area contributed by atoms with Crippen LogP contribution >= 0.6 is 22.9 Å². The molecule has 2 rings (SSSR count). The maximum atomic E-state index is 12.1. The average Bonchev–Trinajstić information content (AvgIpc) is 2.80. The number of benzene rings is 1. The van der Waals surface area contributed by atoms with Crippen molar-refractivity contribution >= 4 is 45.5 Å². The Labute approximate surface area is 124 Å². The zero-order valence-corrected chi connectivity index (χ0v) is 12.4. The zero-order valence-electron chi connectivity index (χ0n) is 10.9. The second-order valence-electron chi connectivity index (χ2n) is 3.79. The summed E-state index contributed by atoms with van der Waals surface area (Å²) in [7, 11) is 3.24. The lowest BCUT2D eigenvalue weighted by atomic mass is 10.3. The molecule has 1 amide bonds. The molecule has 0 unspecified atom stereocenters. The number of halogens is 1. The molecule has 0 bridgehead atoms. The summed E-state index contributed by atoms with van der Waals surface area (Å²) in [5.74, 6) is 0.402. The van der Waals surface area contributed by atoms with E-state index in [9.17, 15) is 4.79 Å². The van der Waals surface area contributed by atoms with E-state index in [1.165, 1.54) is 18.4 Å². The molecule has 0 aliphatic carbocycles. The first-order valence-electron chi connectivity index (χ1n) is 5.64. The van der Waals surface area contributed by atoms with Crippen LogP contribution in [-0.4, -0.2) is 25.0 Å². The van der Waals surface area contributed by atoms with Gasteiger partial charge in [-0.05, 0) is 18.2 Å². The Morgan fingerprint density at radius 1 is 1.50 bits per heavy atom. The first-order valence-corrected chi connectivity index (χ1v) is 6.83. The minimum absolute atomic E-state index is 0.191. The quantitative estimate of drug-likeness (QED) is 0.807. The molecule has 4 N–H and O–H groups in total. The summed E-state index contributed by atoms with van der Waals surface area (Å²) in [6, 6.07) is 4.97. The lowest BCUT2D eigenvalue weighted by Crippen LogP contribution is -2.12. The highest BCUT2D eigenvalue weighted by Gasteiger charge is 2.16. The summed E-state index contributed by atoms with van der Waals surface area (Å²) < 4.78 is 5.05. The van der Waals surface area contributed by atoms with Crippen LogP contribution < -0.4 is 21.1 Å². The van der Waals surface area contributed by atoms with E-state index in [4.69, 9.17) is 22.1 Å². The lowest BCUT2D eigenvalue weighted by Gasteiger charge is -2.07. The first kappa shape index (κ1) is 14.4. The Kier molecular flexibility index (Phi) is 4.31. The molecule has 0 aliphatic rings. The van der Waals surface area contributed by atoms with Gasteiger partial charge in [0.05, 0.1) is 12.1 Å². The number of carbonyl (C=O) groups excluding carboxylic acids is 1. The molecule has 0 atom stereocenters. The number of hydrogen-bond donors (Lipinski definition) is 3. The fourth-order valence-corrected chi connectivity index (χ4v) is 2.52. The highest BCUT2D eigenvalue weighted by atomic mass is 35.5. The van der Waals surface area contributed by atoms with Gasteiger partial charge in [0.15, 0.2) is 5.13 Å². The van der Waals surface area contributed by atoms with E-state index in [0.717, 1.165) is 0 Å². The predicted octanol–water partition coefficient (Wildman–Crippen LogP) is 2.68. The fraction of sp³-hybridized carbons (Fsp3) is 0.167. The third-order valence-electron chi connectivity index (χ3n) is 2.48. The Morgan fingerprint density at radius 2 is 2.25 bits per heavy atom. The van der Waals surface area contributed by atoms with Crippen LogP contribution in [0.5, 0.6) is 5.75 Å². The van der Waals surface area contributed by atoms with Gasteiger partial charge in [-0.3, -0.25) is 4.79 Å². The smallest absolute Gasteiger partial charge is 0.269 e. The van der Waals surface area contributed by atoms with E-state index < -0.39 is 0 Å². The number of nitrogens with two attached hydrogens (primary N) is 1. The lowest BCUT2D eigenvalue weighted by molar-refractivity contribution is 0.103. The van der Waals surface area contributed by atoms with Crippen molar-refractivity contribution in [2.45, 2.75) is 0 Å². The maximum Gasteiger partial charge on any atom is 0.269 e. The van der Waals surface area contributed by atoms with Gasteiger partial charge in [-0.2, -0.15) is 0 Å². The van der Waals surface area contributed by atoms with Crippen molar-refractivity contribution in [3.63, 3.8) is 0 Å². The van der Waals surface area contributed by atoms with Gasteiger partial charge in [0, 0.05) is 12.7 Å². The Balaban J connectivity index is 2.18. The molecule has 0 fully saturated rings. The Morgan fingerprint density at radius 3 is 2.80 bits per heavy atom. The van der Waals surface area contributed by atoms with Crippen molar-refractivity contribution in [1.29, 1.82) is 0 Å². The van der Waals surface area contributed by atoms with Crippen molar-refractivity contribution in [2.24, 2.45) is 0 Å². The number of nitrogen functional groups attached to an aromatic ring is 1. The van der Waals surface area contributed by atoms with Gasteiger partial charge >= 0.3 is 0 Å². The number of nitrogens with zero attached hydrogens (tertiary/aromatic N) is 1. The predicted molar refractivity (Wildman–Crippen MR) is 82.0 cm³/mol. The van der Waals surface area contributed by atoms with E-state index in [1.54, 1.807) is 25.2 Å². The van der Waals surface area contributed by atoms with Gasteiger partial charge in [-0.25, -0.2) is 4.98 Å². The van der Waals surface area contributed by atoms with Crippen LogP contribution in [0.1, 0.15) is 9.67 Å². The number of thiazole rings is 1. The van der Waals surface area contributed by atoms with Gasteiger partial charge in [-0.1, -0.05) is 22.9 Å². The van der Waals surface area contributed by atoms with Gasteiger partial charge in [-0.15, -0.1) is 0 Å². The molecule has 1 aromatic heterocycles.